The zero-order valence-electron chi connectivity index (χ0n) is 25.7. The number of carbonyl (C=O) groups is 4. The maximum absolute atomic E-state index is 14.1. The van der Waals surface area contributed by atoms with Crippen molar-refractivity contribution in [2.24, 2.45) is 5.92 Å². The summed E-state index contributed by atoms with van der Waals surface area (Å²) in [7, 11) is 1.36. The van der Waals surface area contributed by atoms with E-state index in [9.17, 15) is 37.1 Å². The summed E-state index contributed by atoms with van der Waals surface area (Å²) in [5, 5.41) is 1.96. The molecule has 6 rings (SSSR count). The molecule has 3 atom stereocenters. The van der Waals surface area contributed by atoms with E-state index < -0.39 is 59.1 Å². The van der Waals surface area contributed by atoms with Gasteiger partial charge >= 0.3 is 17.0 Å². The van der Waals surface area contributed by atoms with Gasteiger partial charge in [-0.3, -0.25) is 19.2 Å². The number of ether oxygens (including phenoxy) is 3. The Kier molecular flexibility index (Phi) is 9.26. The fraction of sp³-hybridized carbons (Fsp3) is 0.242. The molecule has 49 heavy (non-hydrogen) atoms. The predicted octanol–water partition coefficient (Wildman–Crippen LogP) is 5.45. The van der Waals surface area contributed by atoms with Crippen molar-refractivity contribution in [1.29, 1.82) is 0 Å². The number of nitrogens with one attached hydrogen (secondary N) is 2. The standard InChI is InChI=1S/C33H26F3N3O8S2/c1-3-46-31(43)16-7-10-20(11-8-16)39-29(41)25-24(26-28(38-32(44)49-26)48-27(25)30(39)42)17-9-12-21(22(13-17)45-2)47-15-23(40)37-19-6-4-5-18(14-19)33(34,35)36/h4-14,24-25,27H,3,15H2,1-2H3,(H,37,40)(H,38,44). The van der Waals surface area contributed by atoms with Gasteiger partial charge in [0.25, 0.3) is 5.91 Å². The highest BCUT2D eigenvalue weighted by Gasteiger charge is 2.56. The lowest BCUT2D eigenvalue weighted by atomic mass is 9.83. The van der Waals surface area contributed by atoms with E-state index in [1.807, 2.05) is 0 Å². The number of esters is 1. The molecule has 2 aliphatic rings. The van der Waals surface area contributed by atoms with Crippen molar-refractivity contribution in [2.45, 2.75) is 29.3 Å². The van der Waals surface area contributed by atoms with Gasteiger partial charge in [0.15, 0.2) is 18.1 Å². The van der Waals surface area contributed by atoms with Gasteiger partial charge in [-0.05, 0) is 67.1 Å². The summed E-state index contributed by atoms with van der Waals surface area (Å²) in [6.45, 7) is 1.31. The molecule has 11 nitrogen and oxygen atoms in total. The second-order valence-corrected chi connectivity index (χ2v) is 13.0. The molecule has 16 heteroatoms. The number of halogens is 3. The monoisotopic (exact) mass is 713 g/mol. The number of rotatable bonds is 9. The van der Waals surface area contributed by atoms with Crippen LogP contribution >= 0.6 is 23.1 Å². The number of thioether (sulfide) groups is 1. The van der Waals surface area contributed by atoms with E-state index in [4.69, 9.17) is 14.2 Å². The molecule has 254 valence electrons. The average molecular weight is 714 g/mol. The van der Waals surface area contributed by atoms with Crippen molar-refractivity contribution in [3.63, 3.8) is 0 Å². The second-order valence-electron chi connectivity index (χ2n) is 10.9. The lowest BCUT2D eigenvalue weighted by Crippen LogP contribution is -2.32. The van der Waals surface area contributed by atoms with Crippen LogP contribution < -0.4 is 24.6 Å². The van der Waals surface area contributed by atoms with Crippen LogP contribution in [0.4, 0.5) is 24.5 Å². The van der Waals surface area contributed by atoms with Gasteiger partial charge in [0.2, 0.25) is 11.8 Å². The highest BCUT2D eigenvalue weighted by molar-refractivity contribution is 8.00. The molecule has 1 aromatic heterocycles. The number of aromatic amines is 1. The molecule has 0 bridgehead atoms. The number of anilines is 2. The van der Waals surface area contributed by atoms with Crippen LogP contribution in [0.1, 0.15) is 39.2 Å². The molecule has 2 N–H and O–H groups in total. The number of amides is 3. The number of aromatic nitrogens is 1. The largest absolute Gasteiger partial charge is 0.493 e. The molecule has 3 aromatic carbocycles. The van der Waals surface area contributed by atoms with Gasteiger partial charge in [-0.1, -0.05) is 35.2 Å². The summed E-state index contributed by atoms with van der Waals surface area (Å²) in [6.07, 6.45) is -4.58. The SMILES string of the molecule is CCOC(=O)c1ccc(N2C(=O)C3Sc4[nH]c(=O)sc4C(c4ccc(OCC(=O)Nc5cccc(C(F)(F)F)c5)c(OC)c4)C3C2=O)cc1. The fourth-order valence-corrected chi connectivity index (χ4v) is 8.22. The van der Waals surface area contributed by atoms with Crippen molar-refractivity contribution in [3.05, 3.63) is 98.0 Å². The number of methoxy groups -OCH3 is 1. The first-order valence-corrected chi connectivity index (χ1v) is 16.4. The summed E-state index contributed by atoms with van der Waals surface area (Å²) in [4.78, 5) is 69.0. The van der Waals surface area contributed by atoms with Gasteiger partial charge in [-0.2, -0.15) is 13.2 Å². The molecule has 4 aromatic rings. The van der Waals surface area contributed by atoms with Crippen molar-refractivity contribution >= 4 is 58.2 Å². The molecule has 0 aliphatic carbocycles. The summed E-state index contributed by atoms with van der Waals surface area (Å²) in [5.41, 5.74) is 0.0940. The maximum Gasteiger partial charge on any atom is 0.416 e. The number of alkyl halides is 3. The number of hydrogen-bond acceptors (Lipinski definition) is 10. The molecular weight excluding hydrogens is 688 g/mol. The Bertz CT molecular complexity index is 2010. The second kappa shape index (κ2) is 13.4. The number of imide groups is 1. The van der Waals surface area contributed by atoms with Gasteiger partial charge < -0.3 is 24.5 Å². The molecule has 3 amide bonds. The fourth-order valence-electron chi connectivity index (χ4n) is 5.70. The van der Waals surface area contributed by atoms with Crippen molar-refractivity contribution in [2.75, 3.05) is 30.5 Å². The van der Waals surface area contributed by atoms with Crippen LogP contribution in [0.5, 0.6) is 11.5 Å². The number of thiazole rings is 1. The molecule has 2 aliphatic heterocycles. The topological polar surface area (TPSA) is 144 Å². The minimum atomic E-state index is -4.58. The van der Waals surface area contributed by atoms with E-state index in [1.54, 1.807) is 19.1 Å². The lowest BCUT2D eigenvalue weighted by Gasteiger charge is -2.30. The summed E-state index contributed by atoms with van der Waals surface area (Å²) >= 11 is 2.03. The van der Waals surface area contributed by atoms with E-state index in [0.29, 0.717) is 15.5 Å². The van der Waals surface area contributed by atoms with Crippen molar-refractivity contribution in [3.8, 4) is 11.5 Å². The average Bonchev–Trinajstić information content (AvgIpc) is 3.57. The van der Waals surface area contributed by atoms with Crippen molar-refractivity contribution < 1.29 is 46.6 Å². The molecular formula is C33H26F3N3O8S2. The minimum absolute atomic E-state index is 0.0588. The van der Waals surface area contributed by atoms with Gasteiger partial charge in [-0.25, -0.2) is 9.69 Å². The Morgan fingerprint density at radius 1 is 0.980 bits per heavy atom. The van der Waals surface area contributed by atoms with Crippen LogP contribution in [0.3, 0.4) is 0 Å². The predicted molar refractivity (Wildman–Crippen MR) is 173 cm³/mol. The molecule has 3 unspecified atom stereocenters. The van der Waals surface area contributed by atoms with Crippen LogP contribution in [0.2, 0.25) is 0 Å². The quantitative estimate of drug-likeness (QED) is 0.171. The number of fused-ring (bicyclic) bond motifs is 2. The molecule has 1 fully saturated rings. The molecule has 1 saturated heterocycles. The number of H-pyrrole nitrogens is 1. The Balaban J connectivity index is 1.25. The van der Waals surface area contributed by atoms with Crippen molar-refractivity contribution in [1.82, 2.24) is 4.98 Å². The molecule has 0 radical (unpaired) electrons. The summed E-state index contributed by atoms with van der Waals surface area (Å²) < 4.78 is 55.3. The zero-order valence-corrected chi connectivity index (χ0v) is 27.3. The van der Waals surface area contributed by atoms with Crippen LogP contribution in [0, 0.1) is 5.92 Å². The van der Waals surface area contributed by atoms with E-state index in [1.165, 1.54) is 49.6 Å². The lowest BCUT2D eigenvalue weighted by molar-refractivity contribution is -0.137. The molecule has 0 spiro atoms. The molecule has 0 saturated carbocycles. The molecule has 3 heterocycles. The van der Waals surface area contributed by atoms with Crippen LogP contribution in [0.25, 0.3) is 0 Å². The highest BCUT2D eigenvalue weighted by Crippen LogP contribution is 2.53. The third-order valence-electron chi connectivity index (χ3n) is 7.84. The number of benzene rings is 3. The first-order valence-electron chi connectivity index (χ1n) is 14.7. The maximum atomic E-state index is 14.1. The normalized spacial score (nSPS) is 18.5. The Morgan fingerprint density at radius 3 is 2.43 bits per heavy atom. The first-order chi connectivity index (χ1) is 23.4. The van der Waals surface area contributed by atoms with E-state index >= 15 is 0 Å². The summed E-state index contributed by atoms with van der Waals surface area (Å²) in [6, 6.07) is 14.8. The highest BCUT2D eigenvalue weighted by atomic mass is 32.2. The first kappa shape index (κ1) is 33.8. The van der Waals surface area contributed by atoms with E-state index in [-0.39, 0.29) is 39.9 Å². The van der Waals surface area contributed by atoms with E-state index in [0.717, 1.165) is 40.1 Å². The number of hydrogen-bond donors (Lipinski definition) is 2. The third kappa shape index (κ3) is 6.65. The van der Waals surface area contributed by atoms with Gasteiger partial charge in [0.05, 0.1) is 41.5 Å². The van der Waals surface area contributed by atoms with Gasteiger partial charge in [0.1, 0.15) is 5.25 Å². The van der Waals surface area contributed by atoms with E-state index in [2.05, 4.69) is 10.3 Å². The number of nitrogens with zero attached hydrogens (tertiary/aromatic N) is 1. The Morgan fingerprint density at radius 2 is 1.73 bits per heavy atom. The smallest absolute Gasteiger partial charge is 0.416 e. The van der Waals surface area contributed by atoms with Gasteiger partial charge in [0, 0.05) is 16.5 Å². The summed E-state index contributed by atoms with van der Waals surface area (Å²) in [5.74, 6) is -3.57. The van der Waals surface area contributed by atoms with Gasteiger partial charge in [-0.15, -0.1) is 0 Å². The third-order valence-corrected chi connectivity index (χ3v) is 10.2. The van der Waals surface area contributed by atoms with Crippen LogP contribution in [-0.4, -0.2) is 54.2 Å². The Hall–Kier alpha value is -5.09. The Labute approximate surface area is 284 Å². The van der Waals surface area contributed by atoms with Crippen LogP contribution in [0.15, 0.2) is 76.6 Å². The minimum Gasteiger partial charge on any atom is -0.493 e. The van der Waals surface area contributed by atoms with Crippen LogP contribution in [-0.2, 0) is 25.3 Å². The zero-order chi connectivity index (χ0) is 35.0. The number of carbonyl (C=O) groups excluding carboxylic acids is 4.